The Morgan fingerprint density at radius 1 is 0.770 bits per heavy atom. The molecule has 2 aliphatic carbocycles. The van der Waals surface area contributed by atoms with Crippen LogP contribution in [0.15, 0.2) is 42.5 Å². The maximum absolute atomic E-state index is 13.6. The Labute approximate surface area is 353 Å². The van der Waals surface area contributed by atoms with Gasteiger partial charge in [0.1, 0.15) is 30.5 Å². The average Bonchev–Trinajstić information content (AvgIpc) is 3.47. The Morgan fingerprint density at radius 3 is 1.87 bits per heavy atom. The van der Waals surface area contributed by atoms with E-state index < -0.39 is 126 Å². The van der Waals surface area contributed by atoms with E-state index in [4.69, 9.17) is 19.9 Å². The molecule has 0 heterocycles. The Balaban J connectivity index is 1.60. The van der Waals surface area contributed by atoms with Crippen LogP contribution in [0.1, 0.15) is 66.4 Å². The van der Waals surface area contributed by atoms with Gasteiger partial charge in [0.15, 0.2) is 11.6 Å². The molecule has 0 saturated heterocycles. The van der Waals surface area contributed by atoms with Gasteiger partial charge in [0.05, 0.1) is 43.5 Å². The Morgan fingerprint density at radius 2 is 1.33 bits per heavy atom. The molecule has 20 heteroatoms. The topological polar surface area (TPSA) is 288 Å². The third-order valence-corrected chi connectivity index (χ3v) is 9.38. The summed E-state index contributed by atoms with van der Waals surface area (Å²) in [6.07, 6.45) is 3.01. The molecule has 3 rings (SSSR count). The number of ketones is 2. The normalized spacial score (nSPS) is 15.6. The number of amides is 7. The molecule has 0 spiro atoms. The summed E-state index contributed by atoms with van der Waals surface area (Å²) in [5.41, 5.74) is 3.43. The van der Waals surface area contributed by atoms with Gasteiger partial charge in [-0.05, 0) is 72.1 Å². The predicted octanol–water partition coefficient (Wildman–Crippen LogP) is -0.672. The zero-order valence-corrected chi connectivity index (χ0v) is 35.4. The smallest absolute Gasteiger partial charge is 0.410 e. The summed E-state index contributed by atoms with van der Waals surface area (Å²) in [7, 11) is 0. The minimum Gasteiger partial charge on any atom is -0.459 e. The molecule has 1 aromatic rings. The lowest BCUT2D eigenvalue weighted by Gasteiger charge is -2.38. The molecule has 1 saturated carbocycles. The van der Waals surface area contributed by atoms with Crippen LogP contribution >= 0.6 is 0 Å². The molecule has 2 atom stereocenters. The summed E-state index contributed by atoms with van der Waals surface area (Å²) in [4.78, 5) is 129. The third-order valence-electron chi connectivity index (χ3n) is 9.38. The van der Waals surface area contributed by atoms with Crippen LogP contribution in [0.4, 0.5) is 4.79 Å². The van der Waals surface area contributed by atoms with E-state index in [-0.39, 0.29) is 19.8 Å². The van der Waals surface area contributed by atoms with Crippen molar-refractivity contribution in [3.8, 4) is 0 Å². The second-order valence-corrected chi connectivity index (χ2v) is 16.8. The number of esters is 1. The highest BCUT2D eigenvalue weighted by Gasteiger charge is 2.44. The van der Waals surface area contributed by atoms with Gasteiger partial charge in [0.25, 0.3) is 0 Å². The van der Waals surface area contributed by atoms with Crippen molar-refractivity contribution >= 4 is 59.1 Å². The summed E-state index contributed by atoms with van der Waals surface area (Å²) in [5, 5.41) is 12.1. The second kappa shape index (κ2) is 21.9. The number of hydrogen-bond donors (Lipinski definition) is 6. The zero-order valence-electron chi connectivity index (χ0n) is 35.4. The van der Waals surface area contributed by atoms with E-state index in [1.807, 2.05) is 0 Å². The van der Waals surface area contributed by atoms with Crippen molar-refractivity contribution in [3.63, 3.8) is 0 Å². The van der Waals surface area contributed by atoms with Crippen LogP contribution in [0.25, 0.3) is 0 Å². The fourth-order valence-electron chi connectivity index (χ4n) is 6.19. The molecule has 2 aliphatic rings. The van der Waals surface area contributed by atoms with Gasteiger partial charge in [-0.1, -0.05) is 36.8 Å². The van der Waals surface area contributed by atoms with Crippen LogP contribution in [0.5, 0.6) is 0 Å². The summed E-state index contributed by atoms with van der Waals surface area (Å²) >= 11 is 0. The molecule has 7 N–H and O–H groups in total. The van der Waals surface area contributed by atoms with Crippen LogP contribution in [-0.2, 0) is 63.8 Å². The molecular formula is C41H57N7O13. The third kappa shape index (κ3) is 16.4. The van der Waals surface area contributed by atoms with Crippen molar-refractivity contribution in [2.75, 3.05) is 46.1 Å². The van der Waals surface area contributed by atoms with Gasteiger partial charge in [-0.2, -0.15) is 0 Å². The van der Waals surface area contributed by atoms with E-state index in [1.54, 1.807) is 71.9 Å². The van der Waals surface area contributed by atoms with Gasteiger partial charge in [-0.3, -0.25) is 48.1 Å². The van der Waals surface area contributed by atoms with Crippen molar-refractivity contribution in [2.45, 2.75) is 84.5 Å². The number of nitrogens with zero attached hydrogens (tertiary/aromatic N) is 1. The van der Waals surface area contributed by atoms with E-state index in [0.29, 0.717) is 18.4 Å². The standard InChI is InChI=1S/C41H57N7O13/c1-39(2,3)60-33(54)22-48(38(58)61-40(4,5)6)21-26(34-28(49)13-14-29(34)50)35(55)44-18-30(51)43-20-32(53)47-27(17-25-11-8-7-9-12-25)36(56)45-19-31(52)46-24-59-23-41(37(42)57)15-10-16-41/h7-9,11-14,26-27,34H,10,15-24H2,1-6H3,(H2,42,57)(H,43,51)(H,44,55)(H,45,56)(H,46,52)(H,47,53)/t26-,27+/m1/s1. The average molecular weight is 856 g/mol. The molecule has 1 fully saturated rings. The first kappa shape index (κ1) is 49.2. The Hall–Kier alpha value is -6.18. The molecule has 1 aromatic carbocycles. The Bertz CT molecular complexity index is 1830. The number of nitrogens with one attached hydrogen (secondary N) is 5. The highest BCUT2D eigenvalue weighted by molar-refractivity contribution is 6.20. The quantitative estimate of drug-likeness (QED) is 0.0388. The van der Waals surface area contributed by atoms with E-state index in [0.717, 1.165) is 23.5 Å². The van der Waals surface area contributed by atoms with Crippen molar-refractivity contribution in [3.05, 3.63) is 48.0 Å². The molecule has 0 aromatic heterocycles. The number of carbonyl (C=O) groups is 10. The van der Waals surface area contributed by atoms with Crippen molar-refractivity contribution in [1.29, 1.82) is 0 Å². The number of benzene rings is 1. The fraction of sp³-hybridized carbons (Fsp3) is 0.561. The largest absolute Gasteiger partial charge is 0.459 e. The van der Waals surface area contributed by atoms with E-state index in [1.165, 1.54) is 0 Å². The first-order chi connectivity index (χ1) is 28.5. The zero-order chi connectivity index (χ0) is 45.5. The molecule has 0 unspecified atom stereocenters. The van der Waals surface area contributed by atoms with Crippen molar-refractivity contribution < 1.29 is 62.2 Å². The number of hydrogen-bond acceptors (Lipinski definition) is 13. The van der Waals surface area contributed by atoms with Crippen molar-refractivity contribution in [2.24, 2.45) is 23.0 Å². The Kier molecular flexibility index (Phi) is 17.7. The molecule has 0 radical (unpaired) electrons. The van der Waals surface area contributed by atoms with Gasteiger partial charge in [-0.25, -0.2) is 4.79 Å². The minimum atomic E-state index is -1.57. The second-order valence-electron chi connectivity index (χ2n) is 16.8. The summed E-state index contributed by atoms with van der Waals surface area (Å²) in [5.74, 6) is -9.89. The first-order valence-electron chi connectivity index (χ1n) is 19.7. The van der Waals surface area contributed by atoms with Crippen LogP contribution in [0.2, 0.25) is 0 Å². The van der Waals surface area contributed by atoms with Gasteiger partial charge in [-0.15, -0.1) is 0 Å². The molecule has 0 aliphatic heterocycles. The SMILES string of the molecule is CC(C)(C)OC(=O)CN(C[C@@H](C(=O)NCC(=O)NCC(=O)N[C@@H](Cc1ccccc1)C(=O)NCC(=O)NCOCC1(C(N)=O)CCC1)C1C(=O)C=CC1=O)C(=O)OC(C)(C)C. The van der Waals surface area contributed by atoms with E-state index in [9.17, 15) is 47.9 Å². The van der Waals surface area contributed by atoms with Crippen LogP contribution < -0.4 is 32.3 Å². The van der Waals surface area contributed by atoms with Gasteiger partial charge >= 0.3 is 12.1 Å². The van der Waals surface area contributed by atoms with Gasteiger partial charge in [0.2, 0.25) is 35.4 Å². The lowest BCUT2D eigenvalue weighted by molar-refractivity contribution is -0.156. The summed E-state index contributed by atoms with van der Waals surface area (Å²) in [6.45, 7) is 6.20. The maximum Gasteiger partial charge on any atom is 0.410 e. The monoisotopic (exact) mass is 855 g/mol. The molecule has 61 heavy (non-hydrogen) atoms. The molecular weight excluding hydrogens is 798 g/mol. The predicted molar refractivity (Wildman–Crippen MR) is 215 cm³/mol. The molecule has 7 amide bonds. The van der Waals surface area contributed by atoms with Crippen LogP contribution in [0.3, 0.4) is 0 Å². The number of primary amides is 1. The van der Waals surface area contributed by atoms with Crippen molar-refractivity contribution in [1.82, 2.24) is 31.5 Å². The van der Waals surface area contributed by atoms with Gasteiger partial charge in [0, 0.05) is 13.0 Å². The highest BCUT2D eigenvalue weighted by Crippen LogP contribution is 2.40. The number of nitrogens with two attached hydrogens (primary N) is 1. The number of rotatable bonds is 21. The van der Waals surface area contributed by atoms with Crippen LogP contribution in [0, 0.1) is 17.3 Å². The van der Waals surface area contributed by atoms with E-state index in [2.05, 4.69) is 26.6 Å². The van der Waals surface area contributed by atoms with Gasteiger partial charge < -0.3 is 46.5 Å². The van der Waals surface area contributed by atoms with Crippen LogP contribution in [-0.4, -0.2) is 127 Å². The fourth-order valence-corrected chi connectivity index (χ4v) is 6.19. The number of ether oxygens (including phenoxy) is 3. The number of carbonyl (C=O) groups excluding carboxylic acids is 10. The summed E-state index contributed by atoms with van der Waals surface area (Å²) < 4.78 is 16.2. The minimum absolute atomic E-state index is 0.0193. The summed E-state index contributed by atoms with van der Waals surface area (Å²) in [6, 6.07) is 7.49. The lowest BCUT2D eigenvalue weighted by atomic mass is 9.69. The van der Waals surface area contributed by atoms with E-state index >= 15 is 0 Å². The molecule has 334 valence electrons. The lowest BCUT2D eigenvalue weighted by Crippen LogP contribution is -2.53. The highest BCUT2D eigenvalue weighted by atomic mass is 16.6. The maximum atomic E-state index is 13.6. The molecule has 0 bridgehead atoms. The number of allylic oxidation sites excluding steroid dienone is 2. The first-order valence-corrected chi connectivity index (χ1v) is 19.7. The molecule has 20 nitrogen and oxygen atoms in total.